The van der Waals surface area contributed by atoms with E-state index in [9.17, 15) is 0 Å². The number of nitrogens with zero attached hydrogens (tertiary/aromatic N) is 1. The Morgan fingerprint density at radius 1 is 1.07 bits per heavy atom. The first kappa shape index (κ1) is 18.8. The summed E-state index contributed by atoms with van der Waals surface area (Å²) in [4.78, 5) is 0. The van der Waals surface area contributed by atoms with Gasteiger partial charge in [0.1, 0.15) is 11.4 Å². The van der Waals surface area contributed by atoms with Crippen LogP contribution in [-0.2, 0) is 13.0 Å². The molecular formula is C23H26N2O2. The highest BCUT2D eigenvalue weighted by molar-refractivity contribution is 5.65. The lowest BCUT2D eigenvalue weighted by atomic mass is 10.1. The highest BCUT2D eigenvalue weighted by Crippen LogP contribution is 2.23. The van der Waals surface area contributed by atoms with Crippen LogP contribution < -0.4 is 10.1 Å². The average molecular weight is 362 g/mol. The van der Waals surface area contributed by atoms with Gasteiger partial charge in [-0.05, 0) is 43.5 Å². The molecule has 0 aliphatic carbocycles. The fourth-order valence-electron chi connectivity index (χ4n) is 2.72. The Bertz CT molecular complexity index is 878. The van der Waals surface area contributed by atoms with E-state index in [0.29, 0.717) is 12.2 Å². The molecule has 0 unspecified atom stereocenters. The predicted octanol–water partition coefficient (Wildman–Crippen LogP) is 5.45. The van der Waals surface area contributed by atoms with Crippen molar-refractivity contribution < 1.29 is 9.26 Å². The van der Waals surface area contributed by atoms with Crippen LogP contribution in [0.25, 0.3) is 17.0 Å². The monoisotopic (exact) mass is 362 g/mol. The van der Waals surface area contributed by atoms with Crippen LogP contribution in [-0.4, -0.2) is 11.3 Å². The molecule has 27 heavy (non-hydrogen) atoms. The summed E-state index contributed by atoms with van der Waals surface area (Å²) >= 11 is 0. The van der Waals surface area contributed by atoms with E-state index in [2.05, 4.69) is 48.2 Å². The molecule has 0 amide bonds. The van der Waals surface area contributed by atoms with Gasteiger partial charge in [-0.2, -0.15) is 0 Å². The minimum Gasteiger partial charge on any atom is -0.491 e. The molecule has 140 valence electrons. The summed E-state index contributed by atoms with van der Waals surface area (Å²) in [5.74, 6) is 1.62. The van der Waals surface area contributed by atoms with Crippen LogP contribution >= 0.6 is 0 Å². The number of hydrogen-bond donors (Lipinski definition) is 1. The first-order valence-electron chi connectivity index (χ1n) is 9.30. The molecule has 0 spiro atoms. The molecule has 4 heteroatoms. The number of benzene rings is 2. The van der Waals surface area contributed by atoms with Gasteiger partial charge in [0.25, 0.3) is 0 Å². The Labute approximate surface area is 160 Å². The molecule has 0 atom stereocenters. The van der Waals surface area contributed by atoms with E-state index in [-0.39, 0.29) is 6.10 Å². The van der Waals surface area contributed by atoms with Crippen molar-refractivity contribution in [2.75, 3.05) is 0 Å². The standard InChI is InChI=1S/C23H26N2O2/c1-5-18-6-10-20(11-7-18)23-14-22(25-27-23)17(4)24-15-19-8-12-21(13-9-19)26-16(2)3/h6-14,16,24H,4-5,15H2,1-3H3. The first-order valence-corrected chi connectivity index (χ1v) is 9.30. The van der Waals surface area contributed by atoms with Gasteiger partial charge < -0.3 is 14.6 Å². The van der Waals surface area contributed by atoms with Crippen LogP contribution in [0.4, 0.5) is 0 Å². The maximum Gasteiger partial charge on any atom is 0.167 e. The Morgan fingerprint density at radius 3 is 2.37 bits per heavy atom. The van der Waals surface area contributed by atoms with Gasteiger partial charge in [0.2, 0.25) is 0 Å². The largest absolute Gasteiger partial charge is 0.491 e. The van der Waals surface area contributed by atoms with E-state index in [1.807, 2.05) is 44.2 Å². The van der Waals surface area contributed by atoms with Crippen LogP contribution in [0.15, 0.2) is 65.7 Å². The molecule has 0 aliphatic rings. The van der Waals surface area contributed by atoms with E-state index in [0.717, 1.165) is 34.8 Å². The summed E-state index contributed by atoms with van der Waals surface area (Å²) < 4.78 is 11.1. The minimum absolute atomic E-state index is 0.174. The van der Waals surface area contributed by atoms with Crippen LogP contribution in [0.5, 0.6) is 5.75 Å². The topological polar surface area (TPSA) is 47.3 Å². The highest BCUT2D eigenvalue weighted by Gasteiger charge is 2.09. The van der Waals surface area contributed by atoms with Crippen molar-refractivity contribution in [2.24, 2.45) is 0 Å². The number of aryl methyl sites for hydroxylation is 1. The van der Waals surface area contributed by atoms with Crippen LogP contribution in [0.1, 0.15) is 37.6 Å². The third kappa shape index (κ3) is 5.00. The van der Waals surface area contributed by atoms with Crippen molar-refractivity contribution in [3.8, 4) is 17.1 Å². The number of nitrogens with one attached hydrogen (secondary N) is 1. The quantitative estimate of drug-likeness (QED) is 0.579. The predicted molar refractivity (Wildman–Crippen MR) is 109 cm³/mol. The van der Waals surface area contributed by atoms with Gasteiger partial charge >= 0.3 is 0 Å². The van der Waals surface area contributed by atoms with E-state index in [1.54, 1.807) is 0 Å². The molecular weight excluding hydrogens is 336 g/mol. The zero-order chi connectivity index (χ0) is 19.2. The fourth-order valence-corrected chi connectivity index (χ4v) is 2.72. The summed E-state index contributed by atoms with van der Waals surface area (Å²) in [6, 6.07) is 18.3. The van der Waals surface area contributed by atoms with Gasteiger partial charge in [0, 0.05) is 18.2 Å². The number of hydrogen-bond acceptors (Lipinski definition) is 4. The van der Waals surface area contributed by atoms with E-state index in [4.69, 9.17) is 9.26 Å². The third-order valence-corrected chi connectivity index (χ3v) is 4.27. The van der Waals surface area contributed by atoms with Crippen molar-refractivity contribution >= 4 is 5.70 Å². The van der Waals surface area contributed by atoms with Crippen LogP contribution in [0, 0.1) is 0 Å². The van der Waals surface area contributed by atoms with Gasteiger partial charge in [-0.3, -0.25) is 0 Å². The van der Waals surface area contributed by atoms with Crippen LogP contribution in [0.2, 0.25) is 0 Å². The van der Waals surface area contributed by atoms with E-state index >= 15 is 0 Å². The van der Waals surface area contributed by atoms with Crippen molar-refractivity contribution in [2.45, 2.75) is 39.8 Å². The Morgan fingerprint density at radius 2 is 1.74 bits per heavy atom. The average Bonchev–Trinajstić information content (AvgIpc) is 3.17. The number of ether oxygens (including phenoxy) is 1. The summed E-state index contributed by atoms with van der Waals surface area (Å²) in [5.41, 5.74) is 4.90. The molecule has 4 nitrogen and oxygen atoms in total. The third-order valence-electron chi connectivity index (χ3n) is 4.27. The van der Waals surface area contributed by atoms with Gasteiger partial charge in [-0.1, -0.05) is 55.1 Å². The molecule has 0 aliphatic heterocycles. The molecule has 1 heterocycles. The maximum atomic E-state index is 5.66. The lowest BCUT2D eigenvalue weighted by Gasteiger charge is -2.11. The van der Waals surface area contributed by atoms with E-state index < -0.39 is 0 Å². The lowest BCUT2D eigenvalue weighted by molar-refractivity contribution is 0.242. The molecule has 2 aromatic carbocycles. The maximum absolute atomic E-state index is 5.66. The first-order chi connectivity index (χ1) is 13.0. The fraction of sp³-hybridized carbons (Fsp3) is 0.261. The molecule has 0 radical (unpaired) electrons. The molecule has 0 bridgehead atoms. The Balaban J connectivity index is 1.59. The zero-order valence-electron chi connectivity index (χ0n) is 16.2. The van der Waals surface area contributed by atoms with E-state index in [1.165, 1.54) is 5.56 Å². The Hall–Kier alpha value is -3.01. The van der Waals surface area contributed by atoms with Gasteiger partial charge in [0.05, 0.1) is 11.8 Å². The summed E-state index contributed by atoms with van der Waals surface area (Å²) in [7, 11) is 0. The molecule has 3 aromatic rings. The van der Waals surface area contributed by atoms with Crippen molar-refractivity contribution in [3.05, 3.63) is 78.0 Å². The molecule has 0 fully saturated rings. The van der Waals surface area contributed by atoms with Crippen molar-refractivity contribution in [3.63, 3.8) is 0 Å². The smallest absolute Gasteiger partial charge is 0.167 e. The second kappa shape index (κ2) is 8.58. The van der Waals surface area contributed by atoms with Crippen molar-refractivity contribution in [1.82, 2.24) is 10.5 Å². The lowest BCUT2D eigenvalue weighted by Crippen LogP contribution is -2.11. The second-order valence-corrected chi connectivity index (χ2v) is 6.77. The highest BCUT2D eigenvalue weighted by atomic mass is 16.5. The summed E-state index contributed by atoms with van der Waals surface area (Å²) in [5, 5.41) is 7.44. The second-order valence-electron chi connectivity index (χ2n) is 6.77. The molecule has 1 aromatic heterocycles. The normalized spacial score (nSPS) is 10.8. The summed E-state index contributed by atoms with van der Waals surface area (Å²) in [6.45, 7) is 10.9. The number of aromatic nitrogens is 1. The van der Waals surface area contributed by atoms with Gasteiger partial charge in [-0.15, -0.1) is 0 Å². The molecule has 3 rings (SSSR count). The molecule has 0 saturated carbocycles. The van der Waals surface area contributed by atoms with Crippen molar-refractivity contribution in [1.29, 1.82) is 0 Å². The minimum atomic E-state index is 0.174. The van der Waals surface area contributed by atoms with Gasteiger partial charge in [0.15, 0.2) is 5.76 Å². The number of rotatable bonds is 8. The zero-order valence-corrected chi connectivity index (χ0v) is 16.2. The van der Waals surface area contributed by atoms with Crippen LogP contribution in [0.3, 0.4) is 0 Å². The molecule has 1 N–H and O–H groups in total. The SMILES string of the molecule is C=C(NCc1ccc(OC(C)C)cc1)c1cc(-c2ccc(CC)cc2)on1. The molecule has 0 saturated heterocycles. The van der Waals surface area contributed by atoms with Gasteiger partial charge in [-0.25, -0.2) is 0 Å². The summed E-state index contributed by atoms with van der Waals surface area (Å²) in [6.07, 6.45) is 1.20. The Kier molecular flexibility index (Phi) is 5.97.